The Morgan fingerprint density at radius 3 is 2.74 bits per heavy atom. The normalized spacial score (nSPS) is 19.0. The number of hydrogen-bond acceptors (Lipinski definition) is 10. The van der Waals surface area contributed by atoms with Gasteiger partial charge in [-0.25, -0.2) is 0 Å². The highest BCUT2D eigenvalue weighted by molar-refractivity contribution is 5.65. The Morgan fingerprint density at radius 2 is 2.00 bits per heavy atom. The van der Waals surface area contributed by atoms with E-state index < -0.39 is 5.79 Å². The maximum atomic E-state index is 6.42. The van der Waals surface area contributed by atoms with Gasteiger partial charge in [0.15, 0.2) is 11.5 Å². The van der Waals surface area contributed by atoms with E-state index in [1.165, 1.54) is 5.57 Å². The van der Waals surface area contributed by atoms with Crippen molar-refractivity contribution >= 4 is 23.2 Å². The van der Waals surface area contributed by atoms with E-state index in [1.54, 1.807) is 0 Å². The molecular formula is C25H37N9O. The van der Waals surface area contributed by atoms with Gasteiger partial charge in [-0.15, -0.1) is 0 Å². The highest BCUT2D eigenvalue weighted by Gasteiger charge is 2.33. The van der Waals surface area contributed by atoms with E-state index >= 15 is 0 Å². The smallest absolute Gasteiger partial charge is 0.226 e. The topological polar surface area (TPSA) is 138 Å². The van der Waals surface area contributed by atoms with Gasteiger partial charge in [0.05, 0.1) is 6.54 Å². The lowest BCUT2D eigenvalue weighted by molar-refractivity contribution is 0.386. The standard InChI is InChI=1S/C25H37N9O/c1-4-27-11-8-12-28-22-14-23(33-25(26)15-21(32-25)17(2)3)31-24(30-22)29-16-19-13-20(34-35-19)18-9-6-5-7-10-18/h5-6,9,13-15,17,27,32H,4,7-8,10-12,16,26H2,1-3H3,(H3,28,29,30,31,33)/t25-/m1/s1. The maximum absolute atomic E-state index is 6.42. The van der Waals surface area contributed by atoms with Gasteiger partial charge in [-0.3, -0.25) is 5.73 Å². The second kappa shape index (κ2) is 11.4. The van der Waals surface area contributed by atoms with Crippen molar-refractivity contribution in [2.24, 2.45) is 11.7 Å². The lowest BCUT2D eigenvalue weighted by atomic mass is 10.0. The monoisotopic (exact) mass is 479 g/mol. The van der Waals surface area contributed by atoms with Crippen molar-refractivity contribution in [2.75, 3.05) is 35.6 Å². The van der Waals surface area contributed by atoms with Crippen LogP contribution in [0.4, 0.5) is 17.6 Å². The number of aromatic nitrogens is 3. The highest BCUT2D eigenvalue weighted by Crippen LogP contribution is 2.26. The second-order valence-electron chi connectivity index (χ2n) is 9.16. The molecule has 0 saturated carbocycles. The summed E-state index contributed by atoms with van der Waals surface area (Å²) in [6.07, 6.45) is 11.3. The van der Waals surface area contributed by atoms with Gasteiger partial charge in [-0.05, 0) is 49.9 Å². The van der Waals surface area contributed by atoms with E-state index in [-0.39, 0.29) is 0 Å². The largest absolute Gasteiger partial charge is 0.370 e. The van der Waals surface area contributed by atoms with Crippen LogP contribution in [0.15, 0.2) is 46.7 Å². The summed E-state index contributed by atoms with van der Waals surface area (Å²) in [6.45, 7) is 9.47. The summed E-state index contributed by atoms with van der Waals surface area (Å²) >= 11 is 0. The minimum Gasteiger partial charge on any atom is -0.370 e. The van der Waals surface area contributed by atoms with Crippen molar-refractivity contribution in [3.05, 3.63) is 53.6 Å². The quantitative estimate of drug-likeness (QED) is 0.187. The van der Waals surface area contributed by atoms with Crippen LogP contribution in [0, 0.1) is 5.92 Å². The molecule has 3 heterocycles. The number of allylic oxidation sites excluding steroid dienone is 5. The van der Waals surface area contributed by atoms with Crippen molar-refractivity contribution < 1.29 is 4.52 Å². The summed E-state index contributed by atoms with van der Waals surface area (Å²) in [4.78, 5) is 9.25. The molecule has 0 fully saturated rings. The van der Waals surface area contributed by atoms with Crippen LogP contribution in [0.25, 0.3) is 5.57 Å². The fraction of sp³-hybridized carbons (Fsp3) is 0.480. The van der Waals surface area contributed by atoms with Crippen molar-refractivity contribution in [1.29, 1.82) is 0 Å². The van der Waals surface area contributed by atoms with Gasteiger partial charge in [-0.1, -0.05) is 44.2 Å². The second-order valence-corrected chi connectivity index (χ2v) is 9.16. The summed E-state index contributed by atoms with van der Waals surface area (Å²) < 4.78 is 5.53. The fourth-order valence-corrected chi connectivity index (χ4v) is 3.89. The first-order valence-corrected chi connectivity index (χ1v) is 12.4. The molecule has 1 aliphatic carbocycles. The number of nitrogens with zero attached hydrogens (tertiary/aromatic N) is 3. The molecule has 0 unspecified atom stereocenters. The third kappa shape index (κ3) is 6.83. The Hall–Kier alpha value is -3.37. The predicted molar refractivity (Wildman–Crippen MR) is 140 cm³/mol. The van der Waals surface area contributed by atoms with Gasteiger partial charge in [0.2, 0.25) is 5.95 Å². The number of nitrogens with one attached hydrogen (secondary N) is 5. The van der Waals surface area contributed by atoms with Crippen LogP contribution in [0.3, 0.4) is 0 Å². The third-order valence-electron chi connectivity index (χ3n) is 5.83. The van der Waals surface area contributed by atoms with Gasteiger partial charge in [0, 0.05) is 24.4 Å². The lowest BCUT2D eigenvalue weighted by Gasteiger charge is -2.41. The molecule has 0 radical (unpaired) electrons. The van der Waals surface area contributed by atoms with E-state index in [9.17, 15) is 0 Å². The zero-order chi connectivity index (χ0) is 24.7. The summed E-state index contributed by atoms with van der Waals surface area (Å²) in [6, 6.07) is 3.83. The van der Waals surface area contributed by atoms with Crippen LogP contribution in [0.2, 0.25) is 0 Å². The Balaban J connectivity index is 1.43. The number of rotatable bonds is 13. The molecule has 2 aromatic heterocycles. The van der Waals surface area contributed by atoms with Gasteiger partial charge in [0.25, 0.3) is 0 Å². The molecule has 0 amide bonds. The highest BCUT2D eigenvalue weighted by atomic mass is 16.5. The number of anilines is 3. The first kappa shape index (κ1) is 24.7. The van der Waals surface area contributed by atoms with Crippen LogP contribution in [0.5, 0.6) is 0 Å². The van der Waals surface area contributed by atoms with Crippen LogP contribution in [-0.4, -0.2) is 40.5 Å². The Labute approximate surface area is 206 Å². The minimum absolute atomic E-state index is 0.386. The molecule has 188 valence electrons. The first-order valence-electron chi connectivity index (χ1n) is 12.4. The van der Waals surface area contributed by atoms with E-state index in [4.69, 9.17) is 10.3 Å². The summed E-state index contributed by atoms with van der Waals surface area (Å²) in [7, 11) is 0. The number of hydrogen-bond donors (Lipinski definition) is 6. The Morgan fingerprint density at radius 1 is 1.17 bits per heavy atom. The molecule has 0 saturated heterocycles. The molecule has 1 aliphatic heterocycles. The number of nitrogens with two attached hydrogens (primary N) is 1. The van der Waals surface area contributed by atoms with Gasteiger partial charge in [0.1, 0.15) is 17.3 Å². The average Bonchev–Trinajstić information content (AvgIpc) is 3.30. The van der Waals surface area contributed by atoms with E-state index in [1.807, 2.05) is 18.2 Å². The zero-order valence-corrected chi connectivity index (χ0v) is 20.8. The van der Waals surface area contributed by atoms with E-state index in [2.05, 4.69) is 80.7 Å². The fourth-order valence-electron chi connectivity index (χ4n) is 3.89. The van der Waals surface area contributed by atoms with Crippen molar-refractivity contribution in [2.45, 2.75) is 52.4 Å². The molecule has 0 spiro atoms. The summed E-state index contributed by atoms with van der Waals surface area (Å²) in [5.74, 6) is 2.07. The average molecular weight is 480 g/mol. The van der Waals surface area contributed by atoms with Crippen LogP contribution in [0.1, 0.15) is 51.5 Å². The molecule has 10 nitrogen and oxygen atoms in total. The maximum Gasteiger partial charge on any atom is 0.226 e. The van der Waals surface area contributed by atoms with Crippen molar-refractivity contribution in [3.8, 4) is 0 Å². The Kier molecular flexibility index (Phi) is 8.04. The van der Waals surface area contributed by atoms with E-state index in [0.717, 1.165) is 61.9 Å². The summed E-state index contributed by atoms with van der Waals surface area (Å²) in [5, 5.41) is 20.7. The van der Waals surface area contributed by atoms with Gasteiger partial charge in [-0.2, -0.15) is 9.97 Å². The van der Waals surface area contributed by atoms with Crippen molar-refractivity contribution in [3.63, 3.8) is 0 Å². The van der Waals surface area contributed by atoms with Crippen LogP contribution >= 0.6 is 0 Å². The Bertz CT molecular complexity index is 1090. The molecular weight excluding hydrogens is 442 g/mol. The zero-order valence-electron chi connectivity index (χ0n) is 20.8. The molecule has 2 aromatic rings. The van der Waals surface area contributed by atoms with Crippen molar-refractivity contribution in [1.82, 2.24) is 25.8 Å². The minimum atomic E-state index is -0.838. The van der Waals surface area contributed by atoms with Crippen LogP contribution < -0.4 is 32.3 Å². The first-order chi connectivity index (χ1) is 16.9. The van der Waals surface area contributed by atoms with E-state index in [0.29, 0.717) is 24.2 Å². The van der Waals surface area contributed by atoms with Gasteiger partial charge < -0.3 is 31.1 Å². The molecule has 0 aromatic carbocycles. The molecule has 7 N–H and O–H groups in total. The summed E-state index contributed by atoms with van der Waals surface area (Å²) in [5.41, 5.74) is 9.58. The molecule has 0 bridgehead atoms. The lowest BCUT2D eigenvalue weighted by Crippen LogP contribution is -2.64. The molecule has 10 heteroatoms. The molecule has 1 atom stereocenters. The van der Waals surface area contributed by atoms with Gasteiger partial charge >= 0.3 is 0 Å². The van der Waals surface area contributed by atoms with Crippen LogP contribution in [-0.2, 0) is 6.54 Å². The predicted octanol–water partition coefficient (Wildman–Crippen LogP) is 3.39. The SMILES string of the molecule is CCNCCCNc1cc(N[C@@]2(N)C=C(C(C)C)N2)nc(NCc2cc(C3=CC=CCC3)no2)n1. The molecule has 2 aliphatic rings. The molecule has 35 heavy (non-hydrogen) atoms. The molecule has 4 rings (SSSR count). The third-order valence-corrected chi connectivity index (χ3v) is 5.83.